The zero-order valence-corrected chi connectivity index (χ0v) is 10.3. The number of H-pyrrole nitrogens is 1. The summed E-state index contributed by atoms with van der Waals surface area (Å²) in [6.07, 6.45) is 5.21. The fourth-order valence-corrected chi connectivity index (χ4v) is 1.72. The third kappa shape index (κ3) is 2.79. The summed E-state index contributed by atoms with van der Waals surface area (Å²) in [6, 6.07) is 1.26. The number of hydrogen-bond donors (Lipinski definition) is 2. The van der Waals surface area contributed by atoms with Gasteiger partial charge in [0.15, 0.2) is 0 Å². The molecular weight excluding hydrogens is 250 g/mol. The number of aryl methyl sites for hydroxylation is 1. The largest absolute Gasteiger partial charge is 0.337 e. The second kappa shape index (κ2) is 5.34. The lowest BCUT2D eigenvalue weighted by atomic mass is 10.3. The number of nitrogens with one attached hydrogen (secondary N) is 2. The van der Waals surface area contributed by atoms with Gasteiger partial charge >= 0.3 is 0 Å². The van der Waals surface area contributed by atoms with Crippen LogP contribution in [0.5, 0.6) is 0 Å². The van der Waals surface area contributed by atoms with Gasteiger partial charge in [-0.2, -0.15) is 0 Å². The van der Waals surface area contributed by atoms with E-state index in [1.807, 2.05) is 6.92 Å². The van der Waals surface area contributed by atoms with Gasteiger partial charge in [0.1, 0.15) is 5.69 Å². The van der Waals surface area contributed by atoms with Crippen molar-refractivity contribution in [3.05, 3.63) is 40.5 Å². The molecule has 0 aliphatic carbocycles. The predicted molar refractivity (Wildman–Crippen MR) is 67.9 cm³/mol. The minimum Gasteiger partial charge on any atom is -0.337 e. The summed E-state index contributed by atoms with van der Waals surface area (Å²) in [5.41, 5.74) is 0.142. The minimum absolute atomic E-state index is 0.0990. The number of hydrogen-bond acceptors (Lipinski definition) is 4. The molecule has 2 aromatic heterocycles. The zero-order valence-electron chi connectivity index (χ0n) is 10.3. The number of anilines is 1. The van der Waals surface area contributed by atoms with Crippen molar-refractivity contribution in [2.75, 3.05) is 5.32 Å². The second-order valence-electron chi connectivity index (χ2n) is 3.93. The third-order valence-corrected chi connectivity index (χ3v) is 2.52. The van der Waals surface area contributed by atoms with Crippen molar-refractivity contribution in [2.45, 2.75) is 19.9 Å². The molecule has 0 radical (unpaired) electrons. The lowest BCUT2D eigenvalue weighted by Gasteiger charge is -2.06. The van der Waals surface area contributed by atoms with Gasteiger partial charge in [0.2, 0.25) is 5.95 Å². The molecule has 19 heavy (non-hydrogen) atoms. The highest BCUT2D eigenvalue weighted by Gasteiger charge is 2.19. The summed E-state index contributed by atoms with van der Waals surface area (Å²) in [4.78, 5) is 28.9. The lowest BCUT2D eigenvalue weighted by molar-refractivity contribution is -0.384. The van der Waals surface area contributed by atoms with Gasteiger partial charge in [-0.25, -0.2) is 4.98 Å². The lowest BCUT2D eigenvalue weighted by Crippen LogP contribution is -2.17. The molecule has 0 saturated carbocycles. The van der Waals surface area contributed by atoms with Crippen molar-refractivity contribution >= 4 is 17.5 Å². The maximum atomic E-state index is 12.0. The Balaban J connectivity index is 2.26. The average Bonchev–Trinajstić information content (AvgIpc) is 2.98. The molecule has 0 bridgehead atoms. The zero-order chi connectivity index (χ0) is 13.8. The van der Waals surface area contributed by atoms with Gasteiger partial charge < -0.3 is 9.55 Å². The van der Waals surface area contributed by atoms with Gasteiger partial charge in [0.05, 0.1) is 11.1 Å². The van der Waals surface area contributed by atoms with Crippen molar-refractivity contribution in [1.82, 2.24) is 14.5 Å². The van der Waals surface area contributed by atoms with Gasteiger partial charge in [0, 0.05) is 25.0 Å². The van der Waals surface area contributed by atoms with E-state index < -0.39 is 10.8 Å². The number of carbonyl (C=O) groups is 1. The van der Waals surface area contributed by atoms with E-state index >= 15 is 0 Å². The predicted octanol–water partition coefficient (Wildman–Crippen LogP) is 1.78. The molecule has 0 fully saturated rings. The first-order valence-corrected chi connectivity index (χ1v) is 5.77. The number of rotatable bonds is 5. The summed E-state index contributed by atoms with van der Waals surface area (Å²) in [6.45, 7) is 2.47. The number of amides is 1. The van der Waals surface area contributed by atoms with Crippen LogP contribution in [0.15, 0.2) is 24.7 Å². The molecule has 1 amide bonds. The monoisotopic (exact) mass is 263 g/mol. The number of nitrogens with zero attached hydrogens (tertiary/aromatic N) is 3. The van der Waals surface area contributed by atoms with Crippen LogP contribution in [0.4, 0.5) is 11.6 Å². The van der Waals surface area contributed by atoms with Crippen LogP contribution < -0.4 is 5.32 Å². The standard InChI is InChI=1S/C11H13N5O3/c1-2-5-15-7-8(16(18)19)6-9(15)10(17)14-11-12-3-4-13-11/h3-4,6-7H,2,5H2,1H3,(H2,12,13,14,17). The molecule has 0 spiro atoms. The van der Waals surface area contributed by atoms with Crippen LogP contribution in [0, 0.1) is 10.1 Å². The summed E-state index contributed by atoms with van der Waals surface area (Å²) in [5, 5.41) is 13.3. The van der Waals surface area contributed by atoms with E-state index in [2.05, 4.69) is 15.3 Å². The molecule has 100 valence electrons. The number of aromatic amines is 1. The van der Waals surface area contributed by atoms with E-state index in [0.29, 0.717) is 12.5 Å². The van der Waals surface area contributed by atoms with Crippen LogP contribution in [-0.4, -0.2) is 25.4 Å². The molecule has 2 N–H and O–H groups in total. The first-order chi connectivity index (χ1) is 9.11. The van der Waals surface area contributed by atoms with E-state index in [0.717, 1.165) is 6.42 Å². The van der Waals surface area contributed by atoms with Crippen LogP contribution >= 0.6 is 0 Å². The number of nitro groups is 1. The molecule has 2 rings (SSSR count). The van der Waals surface area contributed by atoms with E-state index in [1.165, 1.54) is 18.5 Å². The molecule has 2 aromatic rings. The topological polar surface area (TPSA) is 106 Å². The highest BCUT2D eigenvalue weighted by atomic mass is 16.6. The Kier molecular flexibility index (Phi) is 3.60. The molecule has 0 atom stereocenters. The molecule has 8 heteroatoms. The van der Waals surface area contributed by atoms with Gasteiger partial charge in [-0.1, -0.05) is 6.92 Å². The molecule has 0 saturated heterocycles. The Morgan fingerprint density at radius 3 is 3.00 bits per heavy atom. The summed E-state index contributed by atoms with van der Waals surface area (Å²) >= 11 is 0. The van der Waals surface area contributed by atoms with Crippen molar-refractivity contribution in [2.24, 2.45) is 0 Å². The number of imidazole rings is 1. The maximum Gasteiger partial charge on any atom is 0.287 e. The SMILES string of the molecule is CCCn1cc([N+](=O)[O-])cc1C(=O)Nc1ncc[nH]1. The molecule has 8 nitrogen and oxygen atoms in total. The Labute approximate surface area is 108 Å². The quantitative estimate of drug-likeness (QED) is 0.633. The van der Waals surface area contributed by atoms with Crippen LogP contribution in [0.3, 0.4) is 0 Å². The normalized spacial score (nSPS) is 10.4. The van der Waals surface area contributed by atoms with E-state index in [9.17, 15) is 14.9 Å². The highest BCUT2D eigenvalue weighted by Crippen LogP contribution is 2.17. The Hall–Kier alpha value is -2.64. The molecule has 0 aromatic carbocycles. The van der Waals surface area contributed by atoms with Gasteiger partial charge in [0.25, 0.3) is 11.6 Å². The summed E-state index contributed by atoms with van der Waals surface area (Å²) in [7, 11) is 0. The fourth-order valence-electron chi connectivity index (χ4n) is 1.72. The molecule has 0 unspecified atom stereocenters. The number of aromatic nitrogens is 3. The Morgan fingerprint density at radius 2 is 2.42 bits per heavy atom. The Morgan fingerprint density at radius 1 is 1.63 bits per heavy atom. The molecule has 0 aliphatic heterocycles. The van der Waals surface area contributed by atoms with Gasteiger partial charge in [-0.3, -0.25) is 20.2 Å². The maximum absolute atomic E-state index is 12.0. The van der Waals surface area contributed by atoms with E-state index in [4.69, 9.17) is 0 Å². The smallest absolute Gasteiger partial charge is 0.287 e. The molecule has 2 heterocycles. The van der Waals surface area contributed by atoms with Crippen LogP contribution in [0.25, 0.3) is 0 Å². The van der Waals surface area contributed by atoms with Gasteiger partial charge in [-0.05, 0) is 6.42 Å². The average molecular weight is 263 g/mol. The van der Waals surface area contributed by atoms with E-state index in [-0.39, 0.29) is 11.4 Å². The fraction of sp³-hybridized carbons (Fsp3) is 0.273. The second-order valence-corrected chi connectivity index (χ2v) is 3.93. The summed E-state index contributed by atoms with van der Waals surface area (Å²) in [5.74, 6) is -0.131. The molecular formula is C11H13N5O3. The first kappa shape index (κ1) is 12.8. The van der Waals surface area contributed by atoms with Crippen LogP contribution in [0.1, 0.15) is 23.8 Å². The van der Waals surface area contributed by atoms with Crippen LogP contribution in [0.2, 0.25) is 0 Å². The van der Waals surface area contributed by atoms with Crippen molar-refractivity contribution in [3.63, 3.8) is 0 Å². The van der Waals surface area contributed by atoms with Crippen molar-refractivity contribution < 1.29 is 9.72 Å². The van der Waals surface area contributed by atoms with Crippen LogP contribution in [-0.2, 0) is 6.54 Å². The summed E-state index contributed by atoms with van der Waals surface area (Å²) < 4.78 is 1.57. The van der Waals surface area contributed by atoms with Gasteiger partial charge in [-0.15, -0.1) is 0 Å². The van der Waals surface area contributed by atoms with E-state index in [1.54, 1.807) is 10.8 Å². The first-order valence-electron chi connectivity index (χ1n) is 5.77. The number of carbonyl (C=O) groups excluding carboxylic acids is 1. The highest BCUT2D eigenvalue weighted by molar-refractivity contribution is 6.02. The molecule has 0 aliphatic rings. The van der Waals surface area contributed by atoms with Crippen molar-refractivity contribution in [3.8, 4) is 0 Å². The van der Waals surface area contributed by atoms with Crippen molar-refractivity contribution in [1.29, 1.82) is 0 Å². The Bertz CT molecular complexity index is 588. The third-order valence-electron chi connectivity index (χ3n) is 2.52. The minimum atomic E-state index is -0.518.